The molecule has 2 rings (SSSR count). The summed E-state index contributed by atoms with van der Waals surface area (Å²) in [5.41, 5.74) is 7.88. The van der Waals surface area contributed by atoms with Gasteiger partial charge in [-0.2, -0.15) is 0 Å². The van der Waals surface area contributed by atoms with E-state index < -0.39 is 0 Å². The van der Waals surface area contributed by atoms with Gasteiger partial charge in [-0.15, -0.1) is 0 Å². The van der Waals surface area contributed by atoms with Gasteiger partial charge in [0.25, 0.3) is 0 Å². The molecular weight excluding hydrogens is 174 g/mol. The van der Waals surface area contributed by atoms with Crippen LogP contribution in [-0.2, 0) is 0 Å². The predicted molar refractivity (Wildman–Crippen MR) is 58.3 cm³/mol. The Hall–Kier alpha value is -1.09. The second-order valence-electron chi connectivity index (χ2n) is 4.07. The molecule has 1 aromatic heterocycles. The number of pyridine rings is 1. The summed E-state index contributed by atoms with van der Waals surface area (Å²) in [4.78, 5) is 6.63. The zero-order chi connectivity index (χ0) is 10.1. The third-order valence-corrected chi connectivity index (χ3v) is 2.74. The smallest absolute Gasteiger partial charge is 0.0569 e. The molecule has 0 amide bonds. The molecule has 3 nitrogen and oxygen atoms in total. The second-order valence-corrected chi connectivity index (χ2v) is 4.07. The highest BCUT2D eigenvalue weighted by atomic mass is 15.2. The zero-order valence-corrected chi connectivity index (χ0v) is 8.77. The van der Waals surface area contributed by atoms with E-state index in [1.54, 1.807) is 0 Å². The molecule has 1 fully saturated rings. The molecule has 1 aliphatic carbocycles. The summed E-state index contributed by atoms with van der Waals surface area (Å²) in [6.07, 6.45) is 4.54. The molecule has 0 aliphatic heterocycles. The van der Waals surface area contributed by atoms with Gasteiger partial charge in [0.2, 0.25) is 0 Å². The Morgan fingerprint density at radius 1 is 1.50 bits per heavy atom. The van der Waals surface area contributed by atoms with Crippen LogP contribution in [0.25, 0.3) is 0 Å². The lowest BCUT2D eigenvalue weighted by Gasteiger charge is -2.18. The summed E-state index contributed by atoms with van der Waals surface area (Å²) in [7, 11) is 2.13. The quantitative estimate of drug-likeness (QED) is 0.790. The third-order valence-electron chi connectivity index (χ3n) is 2.74. The number of rotatable bonds is 3. The number of anilines is 1. The Bertz CT molecular complexity index is 301. The van der Waals surface area contributed by atoms with Gasteiger partial charge in [-0.25, -0.2) is 0 Å². The van der Waals surface area contributed by atoms with Gasteiger partial charge < -0.3 is 10.6 Å². The Kier molecular flexibility index (Phi) is 2.42. The molecule has 1 heterocycles. The maximum atomic E-state index is 5.74. The summed E-state index contributed by atoms with van der Waals surface area (Å²) < 4.78 is 0. The molecule has 0 bridgehead atoms. The van der Waals surface area contributed by atoms with Crippen LogP contribution in [0.15, 0.2) is 18.3 Å². The van der Waals surface area contributed by atoms with E-state index in [1.165, 1.54) is 18.5 Å². The van der Waals surface area contributed by atoms with Crippen molar-refractivity contribution in [2.75, 3.05) is 11.9 Å². The zero-order valence-electron chi connectivity index (χ0n) is 8.77. The Morgan fingerprint density at radius 3 is 2.64 bits per heavy atom. The summed E-state index contributed by atoms with van der Waals surface area (Å²) in [6, 6.07) is 4.87. The van der Waals surface area contributed by atoms with Crippen LogP contribution in [0, 0.1) is 0 Å². The summed E-state index contributed by atoms with van der Waals surface area (Å²) in [5.74, 6) is 0. The van der Waals surface area contributed by atoms with Crippen LogP contribution in [0.4, 0.5) is 5.69 Å². The molecule has 14 heavy (non-hydrogen) atoms. The average molecular weight is 191 g/mol. The molecule has 0 unspecified atom stereocenters. The molecule has 1 aromatic rings. The van der Waals surface area contributed by atoms with Crippen molar-refractivity contribution in [3.05, 3.63) is 24.0 Å². The average Bonchev–Trinajstić information content (AvgIpc) is 3.00. The van der Waals surface area contributed by atoms with Crippen molar-refractivity contribution in [1.82, 2.24) is 4.98 Å². The van der Waals surface area contributed by atoms with Gasteiger partial charge in [0.1, 0.15) is 0 Å². The first-order chi connectivity index (χ1) is 6.68. The van der Waals surface area contributed by atoms with Crippen LogP contribution >= 0.6 is 0 Å². The van der Waals surface area contributed by atoms with E-state index in [9.17, 15) is 0 Å². The summed E-state index contributed by atoms with van der Waals surface area (Å²) >= 11 is 0. The molecule has 3 heteroatoms. The van der Waals surface area contributed by atoms with E-state index in [-0.39, 0.29) is 6.04 Å². The fourth-order valence-electron chi connectivity index (χ4n) is 1.55. The van der Waals surface area contributed by atoms with Crippen molar-refractivity contribution in [3.8, 4) is 0 Å². The lowest BCUT2D eigenvalue weighted by Crippen LogP contribution is -2.19. The Labute approximate surface area is 84.9 Å². The minimum Gasteiger partial charge on any atom is -0.370 e. The number of aromatic nitrogens is 1. The van der Waals surface area contributed by atoms with Crippen LogP contribution in [0.2, 0.25) is 0 Å². The first kappa shape index (κ1) is 9.46. The van der Waals surface area contributed by atoms with Crippen molar-refractivity contribution < 1.29 is 0 Å². The van der Waals surface area contributed by atoms with Crippen LogP contribution in [-0.4, -0.2) is 18.1 Å². The lowest BCUT2D eigenvalue weighted by molar-refractivity contribution is 0.778. The van der Waals surface area contributed by atoms with Gasteiger partial charge in [0, 0.05) is 19.1 Å². The Morgan fingerprint density at radius 2 is 2.21 bits per heavy atom. The number of nitrogens with two attached hydrogens (primary N) is 1. The second kappa shape index (κ2) is 3.58. The fraction of sp³-hybridized carbons (Fsp3) is 0.545. The fourth-order valence-corrected chi connectivity index (χ4v) is 1.55. The molecule has 2 N–H and O–H groups in total. The topological polar surface area (TPSA) is 42.1 Å². The maximum absolute atomic E-state index is 5.74. The predicted octanol–water partition coefficient (Wildman–Crippen LogP) is 1.70. The molecular formula is C11H17N3. The minimum absolute atomic E-state index is 0.0234. The largest absolute Gasteiger partial charge is 0.370 e. The lowest BCUT2D eigenvalue weighted by atomic mass is 10.2. The first-order valence-corrected chi connectivity index (χ1v) is 5.13. The van der Waals surface area contributed by atoms with Gasteiger partial charge in [-0.1, -0.05) is 0 Å². The molecule has 0 aromatic carbocycles. The number of nitrogens with zero attached hydrogens (tertiary/aromatic N) is 2. The highest BCUT2D eigenvalue weighted by molar-refractivity contribution is 5.46. The molecule has 1 saturated carbocycles. The van der Waals surface area contributed by atoms with Crippen molar-refractivity contribution in [1.29, 1.82) is 0 Å². The molecule has 0 saturated heterocycles. The number of hydrogen-bond donors (Lipinski definition) is 1. The summed E-state index contributed by atoms with van der Waals surface area (Å²) in [5, 5.41) is 0. The highest BCUT2D eigenvalue weighted by Gasteiger charge is 2.26. The SMILES string of the molecule is C[C@H](N)c1ccc(N(C)C2CC2)cn1. The van der Waals surface area contributed by atoms with Crippen molar-refractivity contribution in [3.63, 3.8) is 0 Å². The number of hydrogen-bond acceptors (Lipinski definition) is 3. The van der Waals surface area contributed by atoms with E-state index in [0.717, 1.165) is 11.7 Å². The van der Waals surface area contributed by atoms with E-state index in [1.807, 2.05) is 19.2 Å². The summed E-state index contributed by atoms with van der Waals surface area (Å²) in [6.45, 7) is 1.95. The standard InChI is InChI=1S/C11H17N3/c1-8(12)11-6-5-10(7-13-11)14(2)9-3-4-9/h5-9H,3-4,12H2,1-2H3/t8-/m0/s1. The van der Waals surface area contributed by atoms with Gasteiger partial charge in [0.15, 0.2) is 0 Å². The van der Waals surface area contributed by atoms with Crippen molar-refractivity contribution >= 4 is 5.69 Å². The molecule has 0 spiro atoms. The molecule has 0 radical (unpaired) electrons. The van der Waals surface area contributed by atoms with Crippen molar-refractivity contribution in [2.24, 2.45) is 5.73 Å². The van der Waals surface area contributed by atoms with Crippen molar-refractivity contribution in [2.45, 2.75) is 31.8 Å². The first-order valence-electron chi connectivity index (χ1n) is 5.13. The molecule has 76 valence electrons. The minimum atomic E-state index is 0.0234. The highest BCUT2D eigenvalue weighted by Crippen LogP contribution is 2.29. The van der Waals surface area contributed by atoms with Crippen LogP contribution < -0.4 is 10.6 Å². The van der Waals surface area contributed by atoms with Crippen LogP contribution in [0.3, 0.4) is 0 Å². The maximum Gasteiger partial charge on any atom is 0.0569 e. The van der Waals surface area contributed by atoms with Crippen LogP contribution in [0.5, 0.6) is 0 Å². The van der Waals surface area contributed by atoms with E-state index >= 15 is 0 Å². The normalized spacial score (nSPS) is 17.9. The van der Waals surface area contributed by atoms with Gasteiger partial charge >= 0.3 is 0 Å². The monoisotopic (exact) mass is 191 g/mol. The van der Waals surface area contributed by atoms with Gasteiger partial charge in [-0.05, 0) is 31.9 Å². The third kappa shape index (κ3) is 1.87. The Balaban J connectivity index is 2.12. The van der Waals surface area contributed by atoms with E-state index in [4.69, 9.17) is 5.73 Å². The van der Waals surface area contributed by atoms with E-state index in [2.05, 4.69) is 23.0 Å². The van der Waals surface area contributed by atoms with Gasteiger partial charge in [0.05, 0.1) is 17.6 Å². The molecule has 1 aliphatic rings. The van der Waals surface area contributed by atoms with Crippen LogP contribution in [0.1, 0.15) is 31.5 Å². The molecule has 1 atom stereocenters. The van der Waals surface area contributed by atoms with E-state index in [0.29, 0.717) is 0 Å². The van der Waals surface area contributed by atoms with Gasteiger partial charge in [-0.3, -0.25) is 4.98 Å².